The molecule has 0 fully saturated rings. The normalized spacial score (nSPS) is 12.1. The number of carbonyl (C=O) groups is 1. The highest BCUT2D eigenvalue weighted by atomic mass is 35.5. The minimum atomic E-state index is -0.564. The maximum atomic E-state index is 11.6. The summed E-state index contributed by atoms with van der Waals surface area (Å²) in [5, 5.41) is 0.464. The lowest BCUT2D eigenvalue weighted by Gasteiger charge is -2.19. The highest BCUT2D eigenvalue weighted by molar-refractivity contribution is 6.32. The van der Waals surface area contributed by atoms with Gasteiger partial charge in [0.1, 0.15) is 5.75 Å². The van der Waals surface area contributed by atoms with Crippen molar-refractivity contribution in [1.82, 2.24) is 4.90 Å². The summed E-state index contributed by atoms with van der Waals surface area (Å²) in [5.74, 6) is 0.385. The Morgan fingerprint density at radius 1 is 1.53 bits per heavy atom. The third-order valence-electron chi connectivity index (χ3n) is 2.32. The summed E-state index contributed by atoms with van der Waals surface area (Å²) in [6, 6.07) is 5.29. The smallest absolute Gasteiger partial charge is 0.262 e. The molecule has 2 N–H and O–H groups in total. The number of nitrogens with zero attached hydrogens (tertiary/aromatic N) is 1. The Balaban J connectivity index is 2.78. The quantitative estimate of drug-likeness (QED) is 0.891. The van der Waals surface area contributed by atoms with Crippen LogP contribution >= 0.6 is 11.6 Å². The number of likely N-dealkylation sites (N-methyl/N-ethyl adjacent to an activating group) is 1. The monoisotopic (exact) mass is 256 g/mol. The second-order valence-corrected chi connectivity index (χ2v) is 4.37. The lowest BCUT2D eigenvalue weighted by Crippen LogP contribution is -2.35. The Morgan fingerprint density at radius 2 is 2.18 bits per heavy atom. The molecular weight excluding hydrogens is 240 g/mol. The van der Waals surface area contributed by atoms with E-state index in [4.69, 9.17) is 22.1 Å². The van der Waals surface area contributed by atoms with Gasteiger partial charge in [-0.3, -0.25) is 4.79 Å². The Morgan fingerprint density at radius 3 is 2.65 bits per heavy atom. The summed E-state index contributed by atoms with van der Waals surface area (Å²) < 4.78 is 5.50. The molecule has 5 heteroatoms. The number of amides is 1. The van der Waals surface area contributed by atoms with Crippen molar-refractivity contribution in [3.05, 3.63) is 28.8 Å². The van der Waals surface area contributed by atoms with Crippen molar-refractivity contribution in [3.63, 3.8) is 0 Å². The van der Waals surface area contributed by atoms with Crippen LogP contribution in [0, 0.1) is 0 Å². The Kier molecular flexibility index (Phi) is 4.78. The van der Waals surface area contributed by atoms with Crippen LogP contribution in [0.5, 0.6) is 5.75 Å². The van der Waals surface area contributed by atoms with E-state index in [0.717, 1.165) is 5.56 Å². The number of halogens is 1. The van der Waals surface area contributed by atoms with Gasteiger partial charge in [-0.15, -0.1) is 0 Å². The van der Waals surface area contributed by atoms with Crippen LogP contribution in [0.25, 0.3) is 0 Å². The fourth-order valence-corrected chi connectivity index (χ4v) is 1.62. The first kappa shape index (κ1) is 13.8. The molecule has 1 rings (SSSR count). The molecule has 1 unspecified atom stereocenters. The molecule has 0 radical (unpaired) electrons. The van der Waals surface area contributed by atoms with Crippen molar-refractivity contribution >= 4 is 17.5 Å². The second-order valence-electron chi connectivity index (χ2n) is 3.96. The molecule has 0 aliphatic rings. The molecule has 1 aromatic carbocycles. The first-order valence-electron chi connectivity index (χ1n) is 5.32. The Hall–Kier alpha value is -1.26. The molecule has 0 aromatic heterocycles. The summed E-state index contributed by atoms with van der Waals surface area (Å²) in [6.45, 7) is 2.11. The Bertz CT molecular complexity index is 407. The highest BCUT2D eigenvalue weighted by Gasteiger charge is 2.17. The van der Waals surface area contributed by atoms with Gasteiger partial charge in [-0.05, 0) is 24.6 Å². The van der Waals surface area contributed by atoms with Crippen LogP contribution in [0.1, 0.15) is 12.5 Å². The molecule has 0 bridgehead atoms. The molecule has 1 aromatic rings. The number of rotatable bonds is 4. The maximum absolute atomic E-state index is 11.6. The Labute approximate surface area is 106 Å². The number of hydrogen-bond acceptors (Lipinski definition) is 3. The van der Waals surface area contributed by atoms with Crippen LogP contribution in [-0.2, 0) is 11.3 Å². The summed E-state index contributed by atoms with van der Waals surface area (Å²) in [5.41, 5.74) is 6.42. The van der Waals surface area contributed by atoms with E-state index in [1.54, 1.807) is 33.2 Å². The van der Waals surface area contributed by atoms with Crippen molar-refractivity contribution in [3.8, 4) is 5.75 Å². The molecule has 0 spiro atoms. The molecule has 1 amide bonds. The van der Waals surface area contributed by atoms with Crippen LogP contribution in [0.2, 0.25) is 5.02 Å². The fraction of sp³-hybridized carbons (Fsp3) is 0.417. The summed E-state index contributed by atoms with van der Waals surface area (Å²) in [7, 11) is 3.36. The molecule has 1 atom stereocenters. The lowest BCUT2D eigenvalue weighted by atomic mass is 10.2. The highest BCUT2D eigenvalue weighted by Crippen LogP contribution is 2.26. The van der Waals surface area contributed by atoms with E-state index >= 15 is 0 Å². The van der Waals surface area contributed by atoms with Gasteiger partial charge in [0.25, 0.3) is 5.91 Å². The molecule has 0 saturated heterocycles. The number of nitrogens with two attached hydrogens (primary N) is 1. The largest absolute Gasteiger partial charge is 0.479 e. The zero-order valence-corrected chi connectivity index (χ0v) is 11.0. The zero-order valence-electron chi connectivity index (χ0n) is 10.2. The third-order valence-corrected chi connectivity index (χ3v) is 2.62. The zero-order chi connectivity index (χ0) is 13.0. The fourth-order valence-electron chi connectivity index (χ4n) is 1.37. The first-order valence-corrected chi connectivity index (χ1v) is 5.69. The molecule has 0 aliphatic heterocycles. The van der Waals surface area contributed by atoms with Crippen molar-refractivity contribution in [2.24, 2.45) is 5.73 Å². The van der Waals surface area contributed by atoms with Gasteiger partial charge < -0.3 is 15.4 Å². The minimum absolute atomic E-state index is 0.107. The molecule has 94 valence electrons. The summed E-state index contributed by atoms with van der Waals surface area (Å²) >= 11 is 6.03. The van der Waals surface area contributed by atoms with Crippen molar-refractivity contribution < 1.29 is 9.53 Å². The minimum Gasteiger partial charge on any atom is -0.479 e. The molecule has 0 saturated carbocycles. The van der Waals surface area contributed by atoms with E-state index in [2.05, 4.69) is 0 Å². The predicted molar refractivity (Wildman–Crippen MR) is 68.1 cm³/mol. The van der Waals surface area contributed by atoms with E-state index in [0.29, 0.717) is 17.3 Å². The number of benzene rings is 1. The van der Waals surface area contributed by atoms with E-state index in [1.807, 2.05) is 6.07 Å². The number of carbonyl (C=O) groups excluding carboxylic acids is 1. The molecule has 0 aliphatic carbocycles. The maximum Gasteiger partial charge on any atom is 0.262 e. The SMILES string of the molecule is CC(Oc1ccc(CN)cc1Cl)C(=O)N(C)C. The molecule has 4 nitrogen and oxygen atoms in total. The third kappa shape index (κ3) is 3.61. The van der Waals surface area contributed by atoms with E-state index in [-0.39, 0.29) is 5.91 Å². The average molecular weight is 257 g/mol. The van der Waals surface area contributed by atoms with Gasteiger partial charge in [-0.2, -0.15) is 0 Å². The second kappa shape index (κ2) is 5.89. The summed E-state index contributed by atoms with van der Waals surface area (Å²) in [6.07, 6.45) is -0.564. The predicted octanol–water partition coefficient (Wildman–Crippen LogP) is 1.65. The van der Waals surface area contributed by atoms with Gasteiger partial charge in [-0.1, -0.05) is 17.7 Å². The average Bonchev–Trinajstić information content (AvgIpc) is 2.30. The van der Waals surface area contributed by atoms with E-state index in [9.17, 15) is 4.79 Å². The van der Waals surface area contributed by atoms with Gasteiger partial charge in [0.05, 0.1) is 5.02 Å². The lowest BCUT2D eigenvalue weighted by molar-refractivity contribution is -0.135. The standard InChI is InChI=1S/C12H17ClN2O2/c1-8(12(16)15(2)3)17-11-5-4-9(7-14)6-10(11)13/h4-6,8H,7,14H2,1-3H3. The van der Waals surface area contributed by atoms with Gasteiger partial charge >= 0.3 is 0 Å². The summed E-state index contributed by atoms with van der Waals surface area (Å²) in [4.78, 5) is 13.1. The molecule has 17 heavy (non-hydrogen) atoms. The van der Waals surface area contributed by atoms with Gasteiger partial charge in [0.2, 0.25) is 0 Å². The van der Waals surface area contributed by atoms with Crippen molar-refractivity contribution in [1.29, 1.82) is 0 Å². The molecule has 0 heterocycles. The van der Waals surface area contributed by atoms with Gasteiger partial charge in [-0.25, -0.2) is 0 Å². The van der Waals surface area contributed by atoms with Crippen LogP contribution in [0.3, 0.4) is 0 Å². The number of hydrogen-bond donors (Lipinski definition) is 1. The van der Waals surface area contributed by atoms with Gasteiger partial charge in [0, 0.05) is 20.6 Å². The van der Waals surface area contributed by atoms with Crippen LogP contribution in [0.4, 0.5) is 0 Å². The van der Waals surface area contributed by atoms with Crippen molar-refractivity contribution in [2.45, 2.75) is 19.6 Å². The van der Waals surface area contributed by atoms with Crippen molar-refractivity contribution in [2.75, 3.05) is 14.1 Å². The first-order chi connectivity index (χ1) is 7.95. The van der Waals surface area contributed by atoms with Crippen LogP contribution < -0.4 is 10.5 Å². The number of ether oxygens (including phenoxy) is 1. The van der Waals surface area contributed by atoms with Crippen LogP contribution in [-0.4, -0.2) is 31.0 Å². The van der Waals surface area contributed by atoms with Crippen LogP contribution in [0.15, 0.2) is 18.2 Å². The van der Waals surface area contributed by atoms with E-state index in [1.165, 1.54) is 4.90 Å². The van der Waals surface area contributed by atoms with Gasteiger partial charge in [0.15, 0.2) is 6.10 Å². The topological polar surface area (TPSA) is 55.6 Å². The molecular formula is C12H17ClN2O2. The van der Waals surface area contributed by atoms with E-state index < -0.39 is 6.10 Å².